The van der Waals surface area contributed by atoms with Gasteiger partial charge >= 0.3 is 0 Å². The first kappa shape index (κ1) is 15.5. The molecule has 0 aliphatic carbocycles. The number of aromatic nitrogens is 3. The highest BCUT2D eigenvalue weighted by atomic mass is 15.2. The maximum Gasteiger partial charge on any atom is 0.161 e. The van der Waals surface area contributed by atoms with E-state index in [-0.39, 0.29) is 0 Å². The van der Waals surface area contributed by atoms with Crippen molar-refractivity contribution >= 4 is 5.82 Å². The zero-order chi connectivity index (χ0) is 16.4. The molecular formula is C19H25N5. The van der Waals surface area contributed by atoms with Gasteiger partial charge in [-0.3, -0.25) is 4.98 Å². The summed E-state index contributed by atoms with van der Waals surface area (Å²) in [4.78, 5) is 16.2. The van der Waals surface area contributed by atoms with Gasteiger partial charge in [-0.25, -0.2) is 9.97 Å². The molecule has 2 aliphatic heterocycles. The number of nitrogens with one attached hydrogen (secondary N) is 1. The standard InChI is InChI=1S/C19H25N5/c1-2-16-12-17(23-18(22-16)15-4-9-20-10-5-15)24-11-7-19(14-24)6-3-8-21-13-19/h4-5,9-10,12,21H,2-3,6-8,11,13-14H2,1H3. The van der Waals surface area contributed by atoms with Crippen molar-refractivity contribution in [2.75, 3.05) is 31.1 Å². The molecule has 24 heavy (non-hydrogen) atoms. The van der Waals surface area contributed by atoms with Crippen molar-refractivity contribution < 1.29 is 0 Å². The molecule has 1 atom stereocenters. The smallest absolute Gasteiger partial charge is 0.161 e. The third-order valence-corrected chi connectivity index (χ3v) is 5.39. The Morgan fingerprint density at radius 1 is 1.21 bits per heavy atom. The van der Waals surface area contributed by atoms with Crippen LogP contribution in [0.25, 0.3) is 11.4 Å². The second-order valence-electron chi connectivity index (χ2n) is 7.08. The van der Waals surface area contributed by atoms with E-state index in [4.69, 9.17) is 9.97 Å². The van der Waals surface area contributed by atoms with Crippen molar-refractivity contribution in [3.05, 3.63) is 36.3 Å². The lowest BCUT2D eigenvalue weighted by molar-refractivity contribution is 0.239. The topological polar surface area (TPSA) is 53.9 Å². The van der Waals surface area contributed by atoms with Crippen LogP contribution in [0.3, 0.4) is 0 Å². The Morgan fingerprint density at radius 3 is 2.83 bits per heavy atom. The Kier molecular flexibility index (Phi) is 4.19. The van der Waals surface area contributed by atoms with E-state index >= 15 is 0 Å². The van der Waals surface area contributed by atoms with E-state index in [0.717, 1.165) is 49.0 Å². The Hall–Kier alpha value is -2.01. The number of pyridine rings is 1. The molecule has 2 fully saturated rings. The van der Waals surface area contributed by atoms with Gasteiger partial charge in [0.25, 0.3) is 0 Å². The molecule has 1 N–H and O–H groups in total. The minimum absolute atomic E-state index is 0.437. The summed E-state index contributed by atoms with van der Waals surface area (Å²) in [6.07, 6.45) is 8.41. The Bertz CT molecular complexity index is 694. The van der Waals surface area contributed by atoms with E-state index in [1.54, 1.807) is 12.4 Å². The predicted octanol–water partition coefficient (Wildman–Crippen LogP) is 2.68. The van der Waals surface area contributed by atoms with Crippen LogP contribution in [0.15, 0.2) is 30.6 Å². The molecule has 1 unspecified atom stereocenters. The number of hydrogen-bond acceptors (Lipinski definition) is 5. The summed E-state index contributed by atoms with van der Waals surface area (Å²) >= 11 is 0. The van der Waals surface area contributed by atoms with Gasteiger partial charge in [-0.2, -0.15) is 0 Å². The molecule has 0 radical (unpaired) electrons. The predicted molar refractivity (Wildman–Crippen MR) is 96.0 cm³/mol. The Morgan fingerprint density at radius 2 is 2.08 bits per heavy atom. The molecule has 2 saturated heterocycles. The molecule has 4 rings (SSSR count). The monoisotopic (exact) mass is 323 g/mol. The summed E-state index contributed by atoms with van der Waals surface area (Å²) in [5, 5.41) is 3.58. The van der Waals surface area contributed by atoms with Crippen LogP contribution in [0, 0.1) is 5.41 Å². The molecule has 0 aromatic carbocycles. The molecule has 126 valence electrons. The maximum absolute atomic E-state index is 4.88. The molecule has 2 aromatic heterocycles. The van der Waals surface area contributed by atoms with Gasteiger partial charge in [0.1, 0.15) is 5.82 Å². The molecule has 5 nitrogen and oxygen atoms in total. The summed E-state index contributed by atoms with van der Waals surface area (Å²) < 4.78 is 0. The van der Waals surface area contributed by atoms with Gasteiger partial charge in [0.2, 0.25) is 0 Å². The molecule has 2 aliphatic rings. The highest BCUT2D eigenvalue weighted by Crippen LogP contribution is 2.38. The van der Waals surface area contributed by atoms with Gasteiger partial charge in [0, 0.05) is 54.8 Å². The summed E-state index contributed by atoms with van der Waals surface area (Å²) in [5.41, 5.74) is 2.58. The van der Waals surface area contributed by atoms with E-state index in [2.05, 4.69) is 28.2 Å². The van der Waals surface area contributed by atoms with E-state index in [9.17, 15) is 0 Å². The van der Waals surface area contributed by atoms with Crippen LogP contribution >= 0.6 is 0 Å². The number of aryl methyl sites for hydroxylation is 1. The zero-order valence-corrected chi connectivity index (χ0v) is 14.3. The fourth-order valence-electron chi connectivity index (χ4n) is 3.97. The number of rotatable bonds is 3. The molecule has 2 aromatic rings. The van der Waals surface area contributed by atoms with Gasteiger partial charge in [-0.1, -0.05) is 6.92 Å². The zero-order valence-electron chi connectivity index (χ0n) is 14.3. The first-order valence-electron chi connectivity index (χ1n) is 9.02. The van der Waals surface area contributed by atoms with Gasteiger partial charge < -0.3 is 10.2 Å². The van der Waals surface area contributed by atoms with Crippen LogP contribution in [-0.2, 0) is 6.42 Å². The number of hydrogen-bond donors (Lipinski definition) is 1. The first-order valence-corrected chi connectivity index (χ1v) is 9.02. The molecule has 0 saturated carbocycles. The van der Waals surface area contributed by atoms with Crippen LogP contribution in [0.1, 0.15) is 31.9 Å². The number of piperidine rings is 1. The fraction of sp³-hybridized carbons (Fsp3) is 0.526. The van der Waals surface area contributed by atoms with E-state index in [1.807, 2.05) is 12.1 Å². The van der Waals surface area contributed by atoms with Gasteiger partial charge in [0.05, 0.1) is 0 Å². The van der Waals surface area contributed by atoms with Crippen LogP contribution in [-0.4, -0.2) is 41.1 Å². The molecule has 5 heteroatoms. The van der Waals surface area contributed by atoms with Crippen LogP contribution < -0.4 is 10.2 Å². The van der Waals surface area contributed by atoms with Gasteiger partial charge in [-0.15, -0.1) is 0 Å². The molecule has 1 spiro atoms. The lowest BCUT2D eigenvalue weighted by atomic mass is 9.80. The number of anilines is 1. The quantitative estimate of drug-likeness (QED) is 0.941. The second-order valence-corrected chi connectivity index (χ2v) is 7.08. The third kappa shape index (κ3) is 3.00. The minimum atomic E-state index is 0.437. The lowest BCUT2D eigenvalue weighted by Crippen LogP contribution is -2.42. The van der Waals surface area contributed by atoms with Crippen molar-refractivity contribution in [2.45, 2.75) is 32.6 Å². The van der Waals surface area contributed by atoms with E-state index < -0.39 is 0 Å². The van der Waals surface area contributed by atoms with Crippen molar-refractivity contribution in [1.29, 1.82) is 0 Å². The van der Waals surface area contributed by atoms with Crippen molar-refractivity contribution in [1.82, 2.24) is 20.3 Å². The van der Waals surface area contributed by atoms with E-state index in [0.29, 0.717) is 5.41 Å². The molecule has 0 amide bonds. The average molecular weight is 323 g/mol. The molecule has 0 bridgehead atoms. The number of nitrogens with zero attached hydrogens (tertiary/aromatic N) is 4. The second kappa shape index (κ2) is 6.48. The largest absolute Gasteiger partial charge is 0.356 e. The van der Waals surface area contributed by atoms with Crippen LogP contribution in [0.5, 0.6) is 0 Å². The van der Waals surface area contributed by atoms with Gasteiger partial charge in [-0.05, 0) is 44.4 Å². The highest BCUT2D eigenvalue weighted by Gasteiger charge is 2.39. The van der Waals surface area contributed by atoms with Crippen molar-refractivity contribution in [3.8, 4) is 11.4 Å². The molecule has 4 heterocycles. The summed E-state index contributed by atoms with van der Waals surface area (Å²) in [6, 6.07) is 6.13. The summed E-state index contributed by atoms with van der Waals surface area (Å²) in [6.45, 7) is 6.67. The fourth-order valence-corrected chi connectivity index (χ4v) is 3.97. The van der Waals surface area contributed by atoms with Crippen LogP contribution in [0.4, 0.5) is 5.82 Å². The SMILES string of the molecule is CCc1cc(N2CCC3(CCCNC3)C2)nc(-c2ccncc2)n1. The summed E-state index contributed by atoms with van der Waals surface area (Å²) in [5.74, 6) is 1.89. The van der Waals surface area contributed by atoms with Crippen molar-refractivity contribution in [3.63, 3.8) is 0 Å². The Labute approximate surface area is 143 Å². The normalized spacial score (nSPS) is 23.8. The Balaban J connectivity index is 1.63. The first-order chi connectivity index (χ1) is 11.8. The average Bonchev–Trinajstić information content (AvgIpc) is 3.06. The van der Waals surface area contributed by atoms with Gasteiger partial charge in [0.15, 0.2) is 5.82 Å². The van der Waals surface area contributed by atoms with E-state index in [1.165, 1.54) is 25.8 Å². The van der Waals surface area contributed by atoms with Crippen LogP contribution in [0.2, 0.25) is 0 Å². The maximum atomic E-state index is 4.88. The molecular weight excluding hydrogens is 298 g/mol. The highest BCUT2D eigenvalue weighted by molar-refractivity contribution is 5.57. The lowest BCUT2D eigenvalue weighted by Gasteiger charge is -2.34. The van der Waals surface area contributed by atoms with Crippen molar-refractivity contribution in [2.24, 2.45) is 5.41 Å². The summed E-state index contributed by atoms with van der Waals surface area (Å²) in [7, 11) is 0. The minimum Gasteiger partial charge on any atom is -0.356 e. The third-order valence-electron chi connectivity index (χ3n) is 5.39.